The first-order valence-electron chi connectivity index (χ1n) is 7.39. The highest BCUT2D eigenvalue weighted by molar-refractivity contribution is 6.00. The molecule has 0 spiro atoms. The van der Waals surface area contributed by atoms with Crippen LogP contribution in [0.3, 0.4) is 0 Å². The van der Waals surface area contributed by atoms with Crippen LogP contribution in [0.25, 0.3) is 0 Å². The smallest absolute Gasteiger partial charge is 0.253 e. The van der Waals surface area contributed by atoms with E-state index in [0.29, 0.717) is 17.9 Å². The summed E-state index contributed by atoms with van der Waals surface area (Å²) in [6.45, 7) is 8.90. The first-order chi connectivity index (χ1) is 9.90. The van der Waals surface area contributed by atoms with E-state index in [2.05, 4.69) is 24.6 Å². The molecule has 0 saturated heterocycles. The fourth-order valence-corrected chi connectivity index (χ4v) is 2.82. The summed E-state index contributed by atoms with van der Waals surface area (Å²) >= 11 is 0. The summed E-state index contributed by atoms with van der Waals surface area (Å²) in [6, 6.07) is 5.70. The highest BCUT2D eigenvalue weighted by atomic mass is 16.5. The fourth-order valence-electron chi connectivity index (χ4n) is 2.82. The summed E-state index contributed by atoms with van der Waals surface area (Å²) in [4.78, 5) is 12.5. The van der Waals surface area contributed by atoms with Gasteiger partial charge in [0.2, 0.25) is 0 Å². The van der Waals surface area contributed by atoms with Gasteiger partial charge in [-0.2, -0.15) is 0 Å². The van der Waals surface area contributed by atoms with Crippen molar-refractivity contribution in [3.05, 3.63) is 29.3 Å². The molecular weight excluding hydrogens is 266 g/mol. The zero-order chi connectivity index (χ0) is 15.6. The predicted molar refractivity (Wildman–Crippen MR) is 84.1 cm³/mol. The van der Waals surface area contributed by atoms with Crippen LogP contribution in [0, 0.1) is 12.3 Å². The van der Waals surface area contributed by atoms with Gasteiger partial charge in [0.1, 0.15) is 0 Å². The number of carbonyl (C=O) groups is 1. The van der Waals surface area contributed by atoms with E-state index >= 15 is 0 Å². The van der Waals surface area contributed by atoms with Crippen molar-refractivity contribution in [3.8, 4) is 0 Å². The maximum Gasteiger partial charge on any atom is 0.253 e. The number of anilines is 1. The van der Waals surface area contributed by atoms with Gasteiger partial charge in [0, 0.05) is 18.1 Å². The molecule has 5 nitrogen and oxygen atoms in total. The molecule has 116 valence electrons. The summed E-state index contributed by atoms with van der Waals surface area (Å²) in [6.07, 6.45) is 1.06. The van der Waals surface area contributed by atoms with Crippen LogP contribution in [0.4, 0.5) is 5.69 Å². The SMILES string of the molecule is CCOC1CC(NC(=O)c2cc(C)ccc2NN)C1(C)C. The maximum absolute atomic E-state index is 12.5. The number of nitrogen functional groups attached to an aromatic ring is 1. The van der Waals surface area contributed by atoms with Crippen molar-refractivity contribution in [3.63, 3.8) is 0 Å². The molecule has 4 N–H and O–H groups in total. The van der Waals surface area contributed by atoms with Gasteiger partial charge >= 0.3 is 0 Å². The molecule has 5 heteroatoms. The van der Waals surface area contributed by atoms with Crippen LogP contribution >= 0.6 is 0 Å². The number of rotatable bonds is 5. The average molecular weight is 291 g/mol. The van der Waals surface area contributed by atoms with Crippen molar-refractivity contribution in [2.45, 2.75) is 46.3 Å². The van der Waals surface area contributed by atoms with Crippen molar-refractivity contribution in [1.82, 2.24) is 5.32 Å². The van der Waals surface area contributed by atoms with Gasteiger partial charge in [-0.1, -0.05) is 25.5 Å². The molecule has 1 aliphatic carbocycles. The zero-order valence-corrected chi connectivity index (χ0v) is 13.2. The van der Waals surface area contributed by atoms with Crippen LogP contribution in [-0.4, -0.2) is 24.7 Å². The van der Waals surface area contributed by atoms with Gasteiger partial charge in [-0.3, -0.25) is 10.6 Å². The summed E-state index contributed by atoms with van der Waals surface area (Å²) < 4.78 is 5.69. The normalized spacial score (nSPS) is 23.3. The number of aryl methyl sites for hydroxylation is 1. The van der Waals surface area contributed by atoms with Gasteiger partial charge in [0.05, 0.1) is 17.4 Å². The number of hydrogen-bond donors (Lipinski definition) is 3. The van der Waals surface area contributed by atoms with Crippen LogP contribution in [0.5, 0.6) is 0 Å². The molecule has 2 unspecified atom stereocenters. The third kappa shape index (κ3) is 3.04. The molecule has 1 aromatic carbocycles. The first-order valence-corrected chi connectivity index (χ1v) is 7.39. The van der Waals surface area contributed by atoms with Crippen LogP contribution < -0.4 is 16.6 Å². The van der Waals surface area contributed by atoms with E-state index in [9.17, 15) is 4.79 Å². The summed E-state index contributed by atoms with van der Waals surface area (Å²) in [5, 5.41) is 3.10. The number of hydrogen-bond acceptors (Lipinski definition) is 4. The number of nitrogens with two attached hydrogens (primary N) is 1. The Balaban J connectivity index is 2.08. The molecule has 1 amide bonds. The second-order valence-corrected chi connectivity index (χ2v) is 6.22. The third-order valence-corrected chi connectivity index (χ3v) is 4.43. The summed E-state index contributed by atoms with van der Waals surface area (Å²) in [5.41, 5.74) is 4.77. The Morgan fingerprint density at radius 3 is 2.76 bits per heavy atom. The number of ether oxygens (including phenoxy) is 1. The first kappa shape index (κ1) is 15.8. The molecule has 0 aromatic heterocycles. The van der Waals surface area contributed by atoms with Gasteiger partial charge in [0.15, 0.2) is 0 Å². The fraction of sp³-hybridized carbons (Fsp3) is 0.562. The van der Waals surface area contributed by atoms with E-state index in [1.54, 1.807) is 0 Å². The molecule has 2 rings (SSSR count). The summed E-state index contributed by atoms with van der Waals surface area (Å²) in [5.74, 6) is 5.38. The Morgan fingerprint density at radius 1 is 1.48 bits per heavy atom. The van der Waals surface area contributed by atoms with E-state index in [1.807, 2.05) is 32.0 Å². The van der Waals surface area contributed by atoms with Gasteiger partial charge in [-0.05, 0) is 32.4 Å². The van der Waals surface area contributed by atoms with Crippen LogP contribution in [0.1, 0.15) is 43.1 Å². The molecule has 21 heavy (non-hydrogen) atoms. The van der Waals surface area contributed by atoms with E-state index in [4.69, 9.17) is 10.6 Å². The number of benzene rings is 1. The van der Waals surface area contributed by atoms with Crippen molar-refractivity contribution in [2.75, 3.05) is 12.0 Å². The lowest BCUT2D eigenvalue weighted by Gasteiger charge is -2.51. The molecule has 1 aromatic rings. The minimum Gasteiger partial charge on any atom is -0.378 e. The molecule has 0 radical (unpaired) electrons. The molecule has 0 bridgehead atoms. The van der Waals surface area contributed by atoms with E-state index in [-0.39, 0.29) is 23.5 Å². The van der Waals surface area contributed by atoms with Crippen molar-refractivity contribution in [2.24, 2.45) is 11.3 Å². The molecule has 1 aliphatic rings. The van der Waals surface area contributed by atoms with Crippen molar-refractivity contribution >= 4 is 11.6 Å². The largest absolute Gasteiger partial charge is 0.378 e. The third-order valence-electron chi connectivity index (χ3n) is 4.43. The van der Waals surface area contributed by atoms with Gasteiger partial charge in [0.25, 0.3) is 5.91 Å². The topological polar surface area (TPSA) is 76.4 Å². The Hall–Kier alpha value is -1.59. The Labute approximate surface area is 126 Å². The van der Waals surface area contributed by atoms with Crippen LogP contribution in [0.2, 0.25) is 0 Å². The second-order valence-electron chi connectivity index (χ2n) is 6.22. The monoisotopic (exact) mass is 291 g/mol. The molecule has 1 fully saturated rings. The van der Waals surface area contributed by atoms with Gasteiger partial charge in [-0.15, -0.1) is 0 Å². The number of nitrogens with one attached hydrogen (secondary N) is 2. The molecule has 1 saturated carbocycles. The van der Waals surface area contributed by atoms with Gasteiger partial charge in [-0.25, -0.2) is 0 Å². The number of amides is 1. The lowest BCUT2D eigenvalue weighted by Crippen LogP contribution is -2.62. The molecule has 2 atom stereocenters. The second kappa shape index (κ2) is 6.03. The molecule has 0 aliphatic heterocycles. The van der Waals surface area contributed by atoms with Crippen molar-refractivity contribution in [1.29, 1.82) is 0 Å². The Kier molecular flexibility index (Phi) is 4.54. The minimum absolute atomic E-state index is 0.0498. The minimum atomic E-state index is -0.0975. The Bertz CT molecular complexity index is 528. The molecule has 0 heterocycles. The van der Waals surface area contributed by atoms with Gasteiger partial charge < -0.3 is 15.5 Å². The molecular formula is C16H25N3O2. The zero-order valence-electron chi connectivity index (χ0n) is 13.2. The van der Waals surface area contributed by atoms with E-state index < -0.39 is 0 Å². The van der Waals surface area contributed by atoms with Crippen LogP contribution in [0.15, 0.2) is 18.2 Å². The number of hydrazine groups is 1. The number of carbonyl (C=O) groups excluding carboxylic acids is 1. The Morgan fingerprint density at radius 2 is 2.19 bits per heavy atom. The summed E-state index contributed by atoms with van der Waals surface area (Å²) in [7, 11) is 0. The maximum atomic E-state index is 12.5. The van der Waals surface area contributed by atoms with E-state index in [1.165, 1.54) is 0 Å². The van der Waals surface area contributed by atoms with Crippen LogP contribution in [-0.2, 0) is 4.74 Å². The van der Waals surface area contributed by atoms with E-state index in [0.717, 1.165) is 12.0 Å². The average Bonchev–Trinajstić information content (AvgIpc) is 2.46. The quantitative estimate of drug-likeness (QED) is 0.574. The predicted octanol–water partition coefficient (Wildman–Crippen LogP) is 2.21. The highest BCUT2D eigenvalue weighted by Crippen LogP contribution is 2.42. The highest BCUT2D eigenvalue weighted by Gasteiger charge is 2.49. The lowest BCUT2D eigenvalue weighted by molar-refractivity contribution is -0.111. The standard InChI is InChI=1S/C16H25N3O2/c1-5-21-14-9-13(16(14,3)4)18-15(20)11-8-10(2)6-7-12(11)19-17/h6-8,13-14,19H,5,9,17H2,1-4H3,(H,18,20). The lowest BCUT2D eigenvalue weighted by atomic mass is 9.64. The van der Waals surface area contributed by atoms with Crippen molar-refractivity contribution < 1.29 is 9.53 Å².